The molecule has 0 aliphatic heterocycles. The summed E-state index contributed by atoms with van der Waals surface area (Å²) in [5.74, 6) is -0.819. The summed E-state index contributed by atoms with van der Waals surface area (Å²) in [5.41, 5.74) is -0.344. The summed E-state index contributed by atoms with van der Waals surface area (Å²) in [6.45, 7) is -2.99. The van der Waals surface area contributed by atoms with Crippen molar-refractivity contribution < 1.29 is 32.2 Å². The third-order valence-corrected chi connectivity index (χ3v) is 7.15. The predicted octanol–water partition coefficient (Wildman–Crippen LogP) is 4.38. The van der Waals surface area contributed by atoms with Crippen molar-refractivity contribution >= 4 is 23.4 Å². The van der Waals surface area contributed by atoms with Gasteiger partial charge < -0.3 is 20.1 Å². The molecule has 3 saturated carbocycles. The molecule has 2 aromatic rings. The lowest BCUT2D eigenvalue weighted by Gasteiger charge is -2.52. The van der Waals surface area contributed by atoms with E-state index in [9.17, 15) is 22.8 Å². The van der Waals surface area contributed by atoms with Crippen molar-refractivity contribution in [2.24, 2.45) is 5.41 Å². The Morgan fingerprint density at radius 1 is 1.06 bits per heavy atom. The van der Waals surface area contributed by atoms with Crippen LogP contribution in [-0.4, -0.2) is 35.6 Å². The number of pyridine rings is 1. The molecule has 35 heavy (non-hydrogen) atoms. The first-order chi connectivity index (χ1) is 16.7. The topological polar surface area (TPSA) is 89.5 Å². The molecular formula is C24H25ClF3N3O4. The van der Waals surface area contributed by atoms with Gasteiger partial charge in [0.25, 0.3) is 5.91 Å². The minimum absolute atomic E-state index is 0.0220. The molecule has 3 fully saturated rings. The molecule has 0 radical (unpaired) electrons. The lowest BCUT2D eigenvalue weighted by Crippen LogP contribution is -2.60. The normalized spacial score (nSPS) is 23.1. The maximum atomic E-state index is 13.5. The second kappa shape index (κ2) is 10.3. The molecule has 188 valence electrons. The number of nitrogens with one attached hydrogen (secondary N) is 2. The van der Waals surface area contributed by atoms with Gasteiger partial charge in [-0.3, -0.25) is 14.6 Å². The van der Waals surface area contributed by atoms with Crippen LogP contribution in [0.5, 0.6) is 11.5 Å². The van der Waals surface area contributed by atoms with Crippen LogP contribution in [0.2, 0.25) is 5.02 Å². The van der Waals surface area contributed by atoms with Crippen molar-refractivity contribution in [1.29, 1.82) is 0 Å². The molecule has 1 aromatic carbocycles. The fourth-order valence-corrected chi connectivity index (χ4v) is 4.93. The van der Waals surface area contributed by atoms with Crippen molar-refractivity contribution in [1.82, 2.24) is 15.6 Å². The van der Waals surface area contributed by atoms with E-state index >= 15 is 0 Å². The van der Waals surface area contributed by atoms with Gasteiger partial charge in [0, 0.05) is 17.0 Å². The first-order valence-electron chi connectivity index (χ1n) is 11.3. The number of ether oxygens (including phenoxy) is 2. The molecule has 2 amide bonds. The van der Waals surface area contributed by atoms with E-state index in [4.69, 9.17) is 16.3 Å². The number of rotatable bonds is 9. The van der Waals surface area contributed by atoms with Crippen LogP contribution in [0.25, 0.3) is 0 Å². The summed E-state index contributed by atoms with van der Waals surface area (Å²) in [4.78, 5) is 29.5. The second-order valence-corrected chi connectivity index (χ2v) is 9.43. The first-order valence-corrected chi connectivity index (χ1v) is 11.6. The largest absolute Gasteiger partial charge is 0.484 e. The van der Waals surface area contributed by atoms with Crippen LogP contribution >= 0.6 is 11.6 Å². The highest BCUT2D eigenvalue weighted by Crippen LogP contribution is 2.52. The predicted molar refractivity (Wildman–Crippen MR) is 121 cm³/mol. The summed E-state index contributed by atoms with van der Waals surface area (Å²) in [6, 6.07) is 6.89. The van der Waals surface area contributed by atoms with Gasteiger partial charge in [-0.05, 0) is 62.8 Å². The Labute approximate surface area is 205 Å². The van der Waals surface area contributed by atoms with Crippen molar-refractivity contribution in [3.8, 4) is 11.5 Å². The summed E-state index contributed by atoms with van der Waals surface area (Å²) in [5, 5.41) is 5.94. The van der Waals surface area contributed by atoms with Gasteiger partial charge in [-0.25, -0.2) is 4.39 Å². The molecule has 0 spiro atoms. The molecular weight excluding hydrogens is 487 g/mol. The van der Waals surface area contributed by atoms with Crippen LogP contribution in [0.4, 0.5) is 13.2 Å². The van der Waals surface area contributed by atoms with E-state index in [-0.39, 0.29) is 47.0 Å². The van der Waals surface area contributed by atoms with Crippen LogP contribution in [0.3, 0.4) is 0 Å². The van der Waals surface area contributed by atoms with Crippen molar-refractivity contribution in [3.05, 3.63) is 53.1 Å². The Bertz CT molecular complexity index is 1060. The van der Waals surface area contributed by atoms with Crippen LogP contribution in [0.15, 0.2) is 36.5 Å². The van der Waals surface area contributed by atoms with Crippen LogP contribution < -0.4 is 20.1 Å². The third-order valence-electron chi connectivity index (χ3n) is 6.85. The Morgan fingerprint density at radius 3 is 2.34 bits per heavy atom. The standard InChI is InChI=1S/C24H25ClF3N3O4/c25-18-4-3-16(11-19(18)26)34-14-20(32)31-24-8-5-23(6-9-24,7-10-24)21(33)30-12-15-1-2-17(13-29-15)35-22(27)28/h1-4,11,13,22H,5-10,12,14H2,(H,30,33)(H,31,32). The van der Waals surface area contributed by atoms with Gasteiger partial charge in [0.1, 0.15) is 17.3 Å². The van der Waals surface area contributed by atoms with Crippen LogP contribution in [0.1, 0.15) is 44.2 Å². The Balaban J connectivity index is 1.25. The molecule has 2 N–H and O–H groups in total. The number of hydrogen-bond acceptors (Lipinski definition) is 5. The highest BCUT2D eigenvalue weighted by molar-refractivity contribution is 6.30. The van der Waals surface area contributed by atoms with Gasteiger partial charge in [0.15, 0.2) is 6.61 Å². The van der Waals surface area contributed by atoms with E-state index in [1.165, 1.54) is 30.5 Å². The van der Waals surface area contributed by atoms with Gasteiger partial charge in [-0.1, -0.05) is 11.6 Å². The average Bonchev–Trinajstić information content (AvgIpc) is 2.85. The summed E-state index contributed by atoms with van der Waals surface area (Å²) in [7, 11) is 0. The summed E-state index contributed by atoms with van der Waals surface area (Å²) >= 11 is 5.65. The highest BCUT2D eigenvalue weighted by Gasteiger charge is 2.52. The molecule has 3 aliphatic carbocycles. The fraction of sp³-hybridized carbons (Fsp3) is 0.458. The van der Waals surface area contributed by atoms with Gasteiger partial charge in [0.2, 0.25) is 5.91 Å². The van der Waals surface area contributed by atoms with Crippen LogP contribution in [-0.2, 0) is 16.1 Å². The van der Waals surface area contributed by atoms with Crippen molar-refractivity contribution in [2.45, 2.75) is 57.2 Å². The maximum Gasteiger partial charge on any atom is 0.387 e. The number of amides is 2. The van der Waals surface area contributed by atoms with Gasteiger partial charge in [-0.15, -0.1) is 0 Å². The zero-order valence-corrected chi connectivity index (χ0v) is 19.5. The zero-order valence-electron chi connectivity index (χ0n) is 18.8. The monoisotopic (exact) mass is 511 g/mol. The molecule has 2 bridgehead atoms. The Kier molecular flexibility index (Phi) is 7.39. The quantitative estimate of drug-likeness (QED) is 0.521. The number of benzene rings is 1. The molecule has 11 heteroatoms. The fourth-order valence-electron chi connectivity index (χ4n) is 4.81. The molecule has 1 heterocycles. The van der Waals surface area contributed by atoms with E-state index in [1.54, 1.807) is 0 Å². The maximum absolute atomic E-state index is 13.5. The van der Waals surface area contributed by atoms with Crippen molar-refractivity contribution in [3.63, 3.8) is 0 Å². The Hall–Kier alpha value is -3.01. The van der Waals surface area contributed by atoms with E-state index in [0.717, 1.165) is 6.07 Å². The molecule has 1 aromatic heterocycles. The lowest BCUT2D eigenvalue weighted by atomic mass is 9.57. The molecule has 0 unspecified atom stereocenters. The number of aromatic nitrogens is 1. The van der Waals surface area contributed by atoms with E-state index in [0.29, 0.717) is 44.2 Å². The first kappa shape index (κ1) is 25.1. The molecule has 0 atom stereocenters. The Morgan fingerprint density at radius 2 is 1.74 bits per heavy atom. The zero-order chi connectivity index (χ0) is 25.1. The van der Waals surface area contributed by atoms with Crippen molar-refractivity contribution in [2.75, 3.05) is 6.61 Å². The second-order valence-electron chi connectivity index (χ2n) is 9.02. The van der Waals surface area contributed by atoms with Gasteiger partial charge in [-0.2, -0.15) is 8.78 Å². The highest BCUT2D eigenvalue weighted by atomic mass is 35.5. The molecule has 7 nitrogen and oxygen atoms in total. The number of carbonyl (C=O) groups excluding carboxylic acids is 2. The molecule has 3 aliphatic rings. The third kappa shape index (κ3) is 5.98. The van der Waals surface area contributed by atoms with Crippen LogP contribution in [0, 0.1) is 11.2 Å². The van der Waals surface area contributed by atoms with Gasteiger partial charge in [0.05, 0.1) is 23.5 Å². The van der Waals surface area contributed by atoms with E-state index in [1.807, 2.05) is 0 Å². The number of halogens is 4. The average molecular weight is 512 g/mol. The minimum atomic E-state index is -2.92. The molecule has 0 saturated heterocycles. The molecule has 5 rings (SSSR count). The van der Waals surface area contributed by atoms with E-state index < -0.39 is 17.8 Å². The minimum Gasteiger partial charge on any atom is -0.484 e. The van der Waals surface area contributed by atoms with E-state index in [2.05, 4.69) is 20.4 Å². The summed E-state index contributed by atoms with van der Waals surface area (Å²) in [6.07, 6.45) is 5.10. The SMILES string of the molecule is O=C(COc1ccc(Cl)c(F)c1)NC12CCC(C(=O)NCc3ccc(OC(F)F)cn3)(CC1)CC2. The number of alkyl halides is 2. The number of nitrogens with zero attached hydrogens (tertiary/aromatic N) is 1. The summed E-state index contributed by atoms with van der Waals surface area (Å²) < 4.78 is 47.7. The number of fused-ring (bicyclic) bond motifs is 3. The number of carbonyl (C=O) groups is 2. The lowest BCUT2D eigenvalue weighted by molar-refractivity contribution is -0.140. The smallest absolute Gasteiger partial charge is 0.387 e. The number of hydrogen-bond donors (Lipinski definition) is 2. The van der Waals surface area contributed by atoms with Gasteiger partial charge >= 0.3 is 6.61 Å².